The van der Waals surface area contributed by atoms with E-state index in [2.05, 4.69) is 56.4 Å². The van der Waals surface area contributed by atoms with Crippen molar-refractivity contribution in [3.63, 3.8) is 0 Å². The molecule has 1 heterocycles. The second-order valence-corrected chi connectivity index (χ2v) is 6.76. The lowest BCUT2D eigenvalue weighted by Crippen LogP contribution is -2.10. The van der Waals surface area contributed by atoms with Gasteiger partial charge in [0.05, 0.1) is 13.2 Å². The molecule has 0 radical (unpaired) electrons. The Balaban J connectivity index is 1.91. The van der Waals surface area contributed by atoms with Gasteiger partial charge in [-0.2, -0.15) is 0 Å². The maximum atomic E-state index is 5.49. The Morgan fingerprint density at radius 2 is 1.86 bits per heavy atom. The second kappa shape index (κ2) is 5.10. The van der Waals surface area contributed by atoms with Crippen LogP contribution in [-0.2, 0) is 11.8 Å². The summed E-state index contributed by atoms with van der Waals surface area (Å²) in [6.45, 7) is 6.78. The van der Waals surface area contributed by atoms with Gasteiger partial charge in [-0.3, -0.25) is 0 Å². The van der Waals surface area contributed by atoms with E-state index in [9.17, 15) is 0 Å². The first-order valence-corrected chi connectivity index (χ1v) is 7.52. The van der Waals surface area contributed by atoms with Gasteiger partial charge >= 0.3 is 0 Å². The van der Waals surface area contributed by atoms with Crippen LogP contribution < -0.4 is 10.1 Å². The van der Waals surface area contributed by atoms with Gasteiger partial charge in [0.15, 0.2) is 0 Å². The maximum absolute atomic E-state index is 5.49. The largest absolute Gasteiger partial charge is 0.496 e. The van der Waals surface area contributed by atoms with Crippen LogP contribution in [0.5, 0.6) is 5.75 Å². The third kappa shape index (κ3) is 2.63. The minimum Gasteiger partial charge on any atom is -0.496 e. The Morgan fingerprint density at radius 1 is 1.10 bits per heavy atom. The lowest BCUT2D eigenvalue weighted by atomic mass is 9.85. The van der Waals surface area contributed by atoms with Crippen molar-refractivity contribution >= 4 is 5.69 Å². The number of ether oxygens (including phenoxy) is 1. The minimum atomic E-state index is 0.192. The van der Waals surface area contributed by atoms with E-state index >= 15 is 0 Å². The van der Waals surface area contributed by atoms with E-state index in [-0.39, 0.29) is 5.41 Å². The lowest BCUT2D eigenvalue weighted by Gasteiger charge is -2.19. The van der Waals surface area contributed by atoms with Crippen LogP contribution in [0.1, 0.15) is 43.5 Å². The van der Waals surface area contributed by atoms with Gasteiger partial charge < -0.3 is 10.1 Å². The van der Waals surface area contributed by atoms with E-state index in [1.807, 2.05) is 12.1 Å². The highest BCUT2D eigenvalue weighted by Crippen LogP contribution is 2.39. The first-order valence-electron chi connectivity index (χ1n) is 7.52. The molecule has 0 saturated heterocycles. The fourth-order valence-corrected chi connectivity index (χ4v) is 2.97. The van der Waals surface area contributed by atoms with E-state index in [1.54, 1.807) is 7.11 Å². The first kappa shape index (κ1) is 14.0. The van der Waals surface area contributed by atoms with Gasteiger partial charge in [-0.1, -0.05) is 51.1 Å². The average Bonchev–Trinajstić information content (AvgIpc) is 2.89. The van der Waals surface area contributed by atoms with Crippen LogP contribution in [0.25, 0.3) is 0 Å². The third-order valence-corrected chi connectivity index (χ3v) is 4.24. The number of anilines is 1. The molecule has 21 heavy (non-hydrogen) atoms. The molecule has 1 N–H and O–H groups in total. The average molecular weight is 281 g/mol. The highest BCUT2D eigenvalue weighted by Gasteiger charge is 2.25. The number of nitrogens with one attached hydrogen (secondary N) is 1. The smallest absolute Gasteiger partial charge is 0.124 e. The molecule has 1 aliphatic heterocycles. The molecule has 1 atom stereocenters. The number of para-hydroxylation sites is 1. The van der Waals surface area contributed by atoms with E-state index in [4.69, 9.17) is 4.74 Å². The standard InChI is InChI=1S/C19H23NO/c1-19(2,3)14-9-10-16-13(11-14)12-17(20-16)15-7-5-6-8-18(15)21-4/h5-11,17,20H,12H2,1-4H3. The molecule has 2 nitrogen and oxygen atoms in total. The van der Waals surface area contributed by atoms with Crippen LogP contribution >= 0.6 is 0 Å². The van der Waals surface area contributed by atoms with Gasteiger partial charge in [-0.15, -0.1) is 0 Å². The summed E-state index contributed by atoms with van der Waals surface area (Å²) in [5, 5.41) is 3.62. The molecule has 2 aromatic rings. The molecule has 1 unspecified atom stereocenters. The van der Waals surface area contributed by atoms with E-state index in [1.165, 1.54) is 22.4 Å². The Morgan fingerprint density at radius 3 is 2.57 bits per heavy atom. The summed E-state index contributed by atoms with van der Waals surface area (Å²) in [4.78, 5) is 0. The molecule has 2 aromatic carbocycles. The number of hydrogen-bond donors (Lipinski definition) is 1. The van der Waals surface area contributed by atoms with E-state index < -0.39 is 0 Å². The van der Waals surface area contributed by atoms with Gasteiger partial charge in [0.2, 0.25) is 0 Å². The first-order chi connectivity index (χ1) is 9.99. The zero-order chi connectivity index (χ0) is 15.0. The van der Waals surface area contributed by atoms with Crippen molar-refractivity contribution in [1.82, 2.24) is 0 Å². The Labute approximate surface area is 127 Å². The van der Waals surface area contributed by atoms with Gasteiger partial charge in [-0.25, -0.2) is 0 Å². The highest BCUT2D eigenvalue weighted by atomic mass is 16.5. The molecular weight excluding hydrogens is 258 g/mol. The molecule has 3 rings (SSSR count). The monoisotopic (exact) mass is 281 g/mol. The Hall–Kier alpha value is -1.96. The van der Waals surface area contributed by atoms with Gasteiger partial charge in [0.1, 0.15) is 5.75 Å². The fourth-order valence-electron chi connectivity index (χ4n) is 2.97. The van der Waals surface area contributed by atoms with Crippen LogP contribution in [0.15, 0.2) is 42.5 Å². The van der Waals surface area contributed by atoms with Crippen molar-refractivity contribution in [1.29, 1.82) is 0 Å². The zero-order valence-electron chi connectivity index (χ0n) is 13.2. The van der Waals surface area contributed by atoms with Crippen molar-refractivity contribution in [2.45, 2.75) is 38.6 Å². The van der Waals surface area contributed by atoms with Crippen LogP contribution in [-0.4, -0.2) is 7.11 Å². The summed E-state index contributed by atoms with van der Waals surface area (Å²) >= 11 is 0. The lowest BCUT2D eigenvalue weighted by molar-refractivity contribution is 0.407. The number of rotatable bonds is 2. The SMILES string of the molecule is COc1ccccc1C1Cc2cc(C(C)(C)C)ccc2N1. The summed E-state index contributed by atoms with van der Waals surface area (Å²) in [6, 6.07) is 15.4. The molecule has 1 aliphatic rings. The summed E-state index contributed by atoms with van der Waals surface area (Å²) < 4.78 is 5.49. The highest BCUT2D eigenvalue weighted by molar-refractivity contribution is 5.61. The predicted molar refractivity (Wildman–Crippen MR) is 88.2 cm³/mol. The van der Waals surface area contributed by atoms with Crippen molar-refractivity contribution in [3.8, 4) is 5.75 Å². The number of methoxy groups -OCH3 is 1. The Bertz CT molecular complexity index is 655. The molecule has 0 aliphatic carbocycles. The van der Waals surface area contributed by atoms with Crippen LogP contribution in [0.2, 0.25) is 0 Å². The minimum absolute atomic E-state index is 0.192. The van der Waals surface area contributed by atoms with E-state index in [0.29, 0.717) is 6.04 Å². The summed E-state index contributed by atoms with van der Waals surface area (Å²) in [6.07, 6.45) is 1.01. The maximum Gasteiger partial charge on any atom is 0.124 e. The molecule has 0 saturated carbocycles. The van der Waals surface area contributed by atoms with Crippen LogP contribution in [0, 0.1) is 0 Å². The number of fused-ring (bicyclic) bond motifs is 1. The molecule has 2 heteroatoms. The summed E-state index contributed by atoms with van der Waals surface area (Å²) in [5.41, 5.74) is 5.46. The van der Waals surface area contributed by atoms with E-state index in [0.717, 1.165) is 12.2 Å². The van der Waals surface area contributed by atoms with Crippen molar-refractivity contribution in [3.05, 3.63) is 59.2 Å². The van der Waals surface area contributed by atoms with Crippen molar-refractivity contribution < 1.29 is 4.74 Å². The third-order valence-electron chi connectivity index (χ3n) is 4.24. The topological polar surface area (TPSA) is 21.3 Å². The van der Waals surface area contributed by atoms with Crippen molar-refractivity contribution in [2.24, 2.45) is 0 Å². The van der Waals surface area contributed by atoms with Gasteiger partial charge in [0, 0.05) is 11.3 Å². The Kier molecular flexibility index (Phi) is 3.40. The quantitative estimate of drug-likeness (QED) is 0.861. The molecule has 0 fully saturated rings. The zero-order valence-corrected chi connectivity index (χ0v) is 13.2. The molecule has 0 aromatic heterocycles. The molecule has 0 amide bonds. The van der Waals surface area contributed by atoms with Crippen LogP contribution in [0.3, 0.4) is 0 Å². The molecule has 110 valence electrons. The molecular formula is C19H23NO. The second-order valence-electron chi connectivity index (χ2n) is 6.76. The summed E-state index contributed by atoms with van der Waals surface area (Å²) in [7, 11) is 1.73. The number of benzene rings is 2. The van der Waals surface area contributed by atoms with Gasteiger partial charge in [-0.05, 0) is 35.1 Å². The fraction of sp³-hybridized carbons (Fsp3) is 0.368. The number of hydrogen-bond acceptors (Lipinski definition) is 2. The van der Waals surface area contributed by atoms with Crippen molar-refractivity contribution in [2.75, 3.05) is 12.4 Å². The molecule has 0 spiro atoms. The summed E-state index contributed by atoms with van der Waals surface area (Å²) in [5.74, 6) is 0.957. The normalized spacial score (nSPS) is 17.2. The predicted octanol–water partition coefficient (Wildman–Crippen LogP) is 4.70. The van der Waals surface area contributed by atoms with Crippen LogP contribution in [0.4, 0.5) is 5.69 Å². The molecule has 0 bridgehead atoms. The van der Waals surface area contributed by atoms with Gasteiger partial charge in [0.25, 0.3) is 0 Å².